The molecule has 2 fully saturated rings. The molecule has 0 aliphatic heterocycles. The van der Waals surface area contributed by atoms with Crippen molar-refractivity contribution in [2.75, 3.05) is 0 Å². The number of hydrogen-bond donors (Lipinski definition) is 1. The zero-order chi connectivity index (χ0) is 12.7. The fourth-order valence-corrected chi connectivity index (χ4v) is 4.69. The summed E-state index contributed by atoms with van der Waals surface area (Å²) in [5.41, 5.74) is 7.62. The Labute approximate surface area is 117 Å². The third-order valence-electron chi connectivity index (χ3n) is 4.93. The molecule has 2 saturated carbocycles. The van der Waals surface area contributed by atoms with E-state index in [0.717, 1.165) is 35.2 Å². The van der Waals surface area contributed by atoms with Crippen molar-refractivity contribution in [3.05, 3.63) is 16.4 Å². The molecule has 2 bridgehead atoms. The Bertz CT molecular complexity index is 429. The lowest BCUT2D eigenvalue weighted by molar-refractivity contribution is 0.291. The van der Waals surface area contributed by atoms with Gasteiger partial charge in [0.1, 0.15) is 0 Å². The highest BCUT2D eigenvalue weighted by molar-refractivity contribution is 9.10. The van der Waals surface area contributed by atoms with E-state index in [9.17, 15) is 0 Å². The molecule has 3 nitrogen and oxygen atoms in total. The van der Waals surface area contributed by atoms with Crippen LogP contribution in [0.2, 0.25) is 0 Å². The van der Waals surface area contributed by atoms with Crippen molar-refractivity contribution < 1.29 is 0 Å². The molecule has 1 heterocycles. The number of rotatable bonds is 4. The number of aromatic nitrogens is 2. The average molecular weight is 312 g/mol. The molecular weight excluding hydrogens is 290 g/mol. The molecule has 4 unspecified atom stereocenters. The van der Waals surface area contributed by atoms with E-state index >= 15 is 0 Å². The monoisotopic (exact) mass is 311 g/mol. The van der Waals surface area contributed by atoms with Crippen LogP contribution in [0.4, 0.5) is 0 Å². The summed E-state index contributed by atoms with van der Waals surface area (Å²) in [4.78, 5) is 0. The largest absolute Gasteiger partial charge is 0.323 e. The summed E-state index contributed by atoms with van der Waals surface area (Å²) >= 11 is 3.59. The van der Waals surface area contributed by atoms with Crippen molar-refractivity contribution in [1.29, 1.82) is 0 Å². The average Bonchev–Trinajstić information content (AvgIpc) is 3.03. The molecule has 18 heavy (non-hydrogen) atoms. The molecular formula is C14H22BrN3. The number of nitrogens with two attached hydrogens (primary N) is 1. The van der Waals surface area contributed by atoms with Crippen molar-refractivity contribution in [1.82, 2.24) is 9.78 Å². The highest BCUT2D eigenvalue weighted by atomic mass is 79.9. The highest BCUT2D eigenvalue weighted by Gasteiger charge is 2.40. The van der Waals surface area contributed by atoms with Gasteiger partial charge in [-0.3, -0.25) is 4.68 Å². The summed E-state index contributed by atoms with van der Waals surface area (Å²) in [5, 5.41) is 4.37. The zero-order valence-corrected chi connectivity index (χ0v) is 12.6. The maximum Gasteiger partial charge on any atom is 0.0693 e. The van der Waals surface area contributed by atoms with Crippen LogP contribution in [0.25, 0.3) is 0 Å². The van der Waals surface area contributed by atoms with E-state index in [2.05, 4.69) is 28.0 Å². The quantitative estimate of drug-likeness (QED) is 0.925. The molecule has 1 aromatic rings. The smallest absolute Gasteiger partial charge is 0.0693 e. The normalized spacial score (nSPS) is 32.1. The minimum atomic E-state index is 0.131. The predicted octanol–water partition coefficient (Wildman–Crippen LogP) is 3.49. The van der Waals surface area contributed by atoms with Crippen LogP contribution >= 0.6 is 15.9 Å². The molecule has 0 spiro atoms. The Balaban J connectivity index is 1.71. The van der Waals surface area contributed by atoms with Gasteiger partial charge >= 0.3 is 0 Å². The van der Waals surface area contributed by atoms with Crippen molar-refractivity contribution >= 4 is 15.9 Å². The Morgan fingerprint density at radius 1 is 1.50 bits per heavy atom. The third kappa shape index (κ3) is 2.14. The lowest BCUT2D eigenvalue weighted by atomic mass is 9.84. The van der Waals surface area contributed by atoms with Crippen LogP contribution in [-0.2, 0) is 6.54 Å². The molecule has 2 aliphatic carbocycles. The van der Waals surface area contributed by atoms with Crippen LogP contribution in [0.1, 0.15) is 50.8 Å². The maximum atomic E-state index is 6.44. The van der Waals surface area contributed by atoms with Crippen molar-refractivity contribution in [3.8, 4) is 0 Å². The minimum absolute atomic E-state index is 0.131. The summed E-state index contributed by atoms with van der Waals surface area (Å²) in [6.07, 6.45) is 8.79. The second-order valence-electron chi connectivity index (χ2n) is 5.97. The molecule has 0 radical (unpaired) electrons. The van der Waals surface area contributed by atoms with Gasteiger partial charge in [-0.2, -0.15) is 5.10 Å². The second kappa shape index (κ2) is 4.97. The first-order valence-corrected chi connectivity index (χ1v) is 7.95. The standard InChI is InChI=1S/C14H22BrN3/c1-2-18-14(12(15)8-17-18)13(16)7-11-6-9-3-4-10(11)5-9/h8-11,13H,2-7,16H2,1H3. The van der Waals surface area contributed by atoms with Crippen molar-refractivity contribution in [3.63, 3.8) is 0 Å². The van der Waals surface area contributed by atoms with E-state index in [-0.39, 0.29) is 6.04 Å². The molecule has 2 aliphatic rings. The number of fused-ring (bicyclic) bond motifs is 2. The lowest BCUT2D eigenvalue weighted by Gasteiger charge is -2.25. The van der Waals surface area contributed by atoms with Gasteiger partial charge in [0.15, 0.2) is 0 Å². The first-order chi connectivity index (χ1) is 8.69. The molecule has 0 amide bonds. The number of aryl methyl sites for hydroxylation is 1. The molecule has 4 atom stereocenters. The number of halogens is 1. The third-order valence-corrected chi connectivity index (χ3v) is 5.54. The molecule has 3 rings (SSSR count). The molecule has 1 aromatic heterocycles. The first kappa shape index (κ1) is 12.7. The fourth-order valence-electron chi connectivity index (χ4n) is 4.10. The van der Waals surface area contributed by atoms with E-state index in [1.807, 2.05) is 10.9 Å². The van der Waals surface area contributed by atoms with Crippen LogP contribution in [0.15, 0.2) is 10.7 Å². The first-order valence-electron chi connectivity index (χ1n) is 7.15. The Hall–Kier alpha value is -0.350. The van der Waals surface area contributed by atoms with E-state index in [1.54, 1.807) is 0 Å². The van der Waals surface area contributed by atoms with E-state index in [1.165, 1.54) is 31.4 Å². The van der Waals surface area contributed by atoms with Gasteiger partial charge in [-0.05, 0) is 66.3 Å². The van der Waals surface area contributed by atoms with Gasteiger partial charge < -0.3 is 5.73 Å². The highest BCUT2D eigenvalue weighted by Crippen LogP contribution is 2.50. The maximum absolute atomic E-state index is 6.44. The molecule has 100 valence electrons. The summed E-state index contributed by atoms with van der Waals surface area (Å²) < 4.78 is 3.10. The van der Waals surface area contributed by atoms with Gasteiger partial charge in [0.25, 0.3) is 0 Å². The second-order valence-corrected chi connectivity index (χ2v) is 6.82. The van der Waals surface area contributed by atoms with E-state index in [0.29, 0.717) is 0 Å². The predicted molar refractivity (Wildman–Crippen MR) is 76.1 cm³/mol. The summed E-state index contributed by atoms with van der Waals surface area (Å²) in [7, 11) is 0. The van der Waals surface area contributed by atoms with Crippen LogP contribution in [-0.4, -0.2) is 9.78 Å². The Morgan fingerprint density at radius 3 is 2.94 bits per heavy atom. The van der Waals surface area contributed by atoms with E-state index in [4.69, 9.17) is 5.73 Å². The topological polar surface area (TPSA) is 43.8 Å². The van der Waals surface area contributed by atoms with Gasteiger partial charge in [-0.1, -0.05) is 6.42 Å². The minimum Gasteiger partial charge on any atom is -0.323 e. The summed E-state index contributed by atoms with van der Waals surface area (Å²) in [5.74, 6) is 2.82. The van der Waals surface area contributed by atoms with Gasteiger partial charge in [-0.25, -0.2) is 0 Å². The Kier molecular flexibility index (Phi) is 3.50. The Morgan fingerprint density at radius 2 is 2.33 bits per heavy atom. The summed E-state index contributed by atoms with van der Waals surface area (Å²) in [6.45, 7) is 3.01. The molecule has 0 aromatic carbocycles. The van der Waals surface area contributed by atoms with Gasteiger partial charge in [0.05, 0.1) is 16.4 Å². The SMILES string of the molecule is CCn1ncc(Br)c1C(N)CC1CC2CCC1C2. The summed E-state index contributed by atoms with van der Waals surface area (Å²) in [6, 6.07) is 0.131. The van der Waals surface area contributed by atoms with Crippen LogP contribution < -0.4 is 5.73 Å². The zero-order valence-electron chi connectivity index (χ0n) is 11.0. The van der Waals surface area contributed by atoms with Crippen LogP contribution in [0.3, 0.4) is 0 Å². The van der Waals surface area contributed by atoms with Crippen LogP contribution in [0.5, 0.6) is 0 Å². The van der Waals surface area contributed by atoms with E-state index < -0.39 is 0 Å². The van der Waals surface area contributed by atoms with Gasteiger partial charge in [0, 0.05) is 12.6 Å². The lowest BCUT2D eigenvalue weighted by Crippen LogP contribution is -2.22. The number of nitrogens with zero attached hydrogens (tertiary/aromatic N) is 2. The van der Waals surface area contributed by atoms with Gasteiger partial charge in [-0.15, -0.1) is 0 Å². The molecule has 4 heteroatoms. The number of hydrogen-bond acceptors (Lipinski definition) is 2. The fraction of sp³-hybridized carbons (Fsp3) is 0.786. The van der Waals surface area contributed by atoms with Crippen molar-refractivity contribution in [2.45, 2.75) is 51.6 Å². The molecule has 0 saturated heterocycles. The van der Waals surface area contributed by atoms with Crippen molar-refractivity contribution in [2.24, 2.45) is 23.5 Å². The van der Waals surface area contributed by atoms with Gasteiger partial charge in [0.2, 0.25) is 0 Å². The van der Waals surface area contributed by atoms with Crippen LogP contribution in [0, 0.1) is 17.8 Å². The molecule has 2 N–H and O–H groups in total.